The van der Waals surface area contributed by atoms with Crippen molar-refractivity contribution in [1.29, 1.82) is 0 Å². The maximum absolute atomic E-state index is 12.6. The summed E-state index contributed by atoms with van der Waals surface area (Å²) in [6.45, 7) is 0. The summed E-state index contributed by atoms with van der Waals surface area (Å²) in [6.07, 6.45) is 5.66. The monoisotopic (exact) mass is 355 g/mol. The Bertz CT molecular complexity index is 875. The van der Waals surface area contributed by atoms with Crippen LogP contribution in [0.1, 0.15) is 33.9 Å². The van der Waals surface area contributed by atoms with Gasteiger partial charge in [0.25, 0.3) is 5.91 Å². The van der Waals surface area contributed by atoms with Gasteiger partial charge in [0.15, 0.2) is 23.0 Å². The second-order valence-corrected chi connectivity index (χ2v) is 6.89. The molecule has 0 saturated heterocycles. The van der Waals surface area contributed by atoms with Crippen molar-refractivity contribution in [2.45, 2.75) is 25.7 Å². The summed E-state index contributed by atoms with van der Waals surface area (Å²) in [4.78, 5) is 22.5. The standard InChI is InChI=1S/C18H17N3O3S/c1-23-12-8-6-11(7-9-12)16-15(19-10-24-16)17(22)21-18-20-13-4-2-3-5-14(13)25-18/h6-10H,2-5H2,1H3,(H,20,21,22). The molecule has 0 bridgehead atoms. The number of aromatic nitrogens is 2. The fraction of sp³-hybridized carbons (Fsp3) is 0.278. The highest BCUT2D eigenvalue weighted by Crippen LogP contribution is 2.31. The van der Waals surface area contributed by atoms with Gasteiger partial charge in [-0.1, -0.05) is 0 Å². The number of nitrogens with zero attached hydrogens (tertiary/aromatic N) is 2. The molecule has 0 unspecified atom stereocenters. The van der Waals surface area contributed by atoms with E-state index < -0.39 is 0 Å². The summed E-state index contributed by atoms with van der Waals surface area (Å²) in [7, 11) is 1.61. The van der Waals surface area contributed by atoms with Crippen LogP contribution in [0.3, 0.4) is 0 Å². The fourth-order valence-corrected chi connectivity index (χ4v) is 3.96. The highest BCUT2D eigenvalue weighted by Gasteiger charge is 2.21. The summed E-state index contributed by atoms with van der Waals surface area (Å²) in [5, 5.41) is 3.48. The van der Waals surface area contributed by atoms with Crippen LogP contribution < -0.4 is 10.1 Å². The lowest BCUT2D eigenvalue weighted by atomic mass is 10.0. The van der Waals surface area contributed by atoms with Crippen molar-refractivity contribution >= 4 is 22.4 Å². The van der Waals surface area contributed by atoms with E-state index in [2.05, 4.69) is 15.3 Å². The normalized spacial score (nSPS) is 13.3. The van der Waals surface area contributed by atoms with Crippen LogP contribution >= 0.6 is 11.3 Å². The van der Waals surface area contributed by atoms with Crippen LogP contribution in [0.5, 0.6) is 5.75 Å². The number of oxazole rings is 1. The number of methoxy groups -OCH3 is 1. The number of benzene rings is 1. The van der Waals surface area contributed by atoms with Gasteiger partial charge in [-0.25, -0.2) is 9.97 Å². The number of aryl methyl sites for hydroxylation is 2. The summed E-state index contributed by atoms with van der Waals surface area (Å²) in [5.74, 6) is 0.856. The lowest BCUT2D eigenvalue weighted by Gasteiger charge is -2.06. The van der Waals surface area contributed by atoms with Crippen molar-refractivity contribution in [2.24, 2.45) is 0 Å². The molecule has 4 rings (SSSR count). The molecule has 1 N–H and O–H groups in total. The van der Waals surface area contributed by atoms with Gasteiger partial charge >= 0.3 is 0 Å². The molecular weight excluding hydrogens is 338 g/mol. The van der Waals surface area contributed by atoms with Crippen molar-refractivity contribution in [1.82, 2.24) is 9.97 Å². The maximum Gasteiger partial charge on any atom is 0.280 e. The van der Waals surface area contributed by atoms with E-state index in [9.17, 15) is 4.79 Å². The van der Waals surface area contributed by atoms with Crippen LogP contribution in [0, 0.1) is 0 Å². The van der Waals surface area contributed by atoms with Gasteiger partial charge in [-0.3, -0.25) is 10.1 Å². The molecule has 7 heteroatoms. The van der Waals surface area contributed by atoms with Crippen molar-refractivity contribution in [3.63, 3.8) is 0 Å². The number of carbonyl (C=O) groups is 1. The Morgan fingerprint density at radius 2 is 2.04 bits per heavy atom. The largest absolute Gasteiger partial charge is 0.497 e. The Kier molecular flexibility index (Phi) is 4.23. The fourth-order valence-electron chi connectivity index (χ4n) is 2.92. The minimum atomic E-state index is -0.314. The van der Waals surface area contributed by atoms with Crippen LogP contribution in [0.15, 0.2) is 35.1 Å². The van der Waals surface area contributed by atoms with Crippen LogP contribution in [0.25, 0.3) is 11.3 Å². The molecule has 128 valence electrons. The predicted molar refractivity (Wildman–Crippen MR) is 95.2 cm³/mol. The molecule has 0 atom stereocenters. The van der Waals surface area contributed by atoms with E-state index in [1.54, 1.807) is 18.4 Å². The third-order valence-corrected chi connectivity index (χ3v) is 5.27. The Hall–Kier alpha value is -2.67. The number of ether oxygens (including phenoxy) is 1. The molecule has 1 amide bonds. The number of amides is 1. The van der Waals surface area contributed by atoms with Crippen LogP contribution in [0.4, 0.5) is 5.13 Å². The SMILES string of the molecule is COc1ccc(-c2ocnc2C(=O)Nc2nc3c(s2)CCCC3)cc1. The molecule has 1 aliphatic rings. The second-order valence-electron chi connectivity index (χ2n) is 5.81. The summed E-state index contributed by atoms with van der Waals surface area (Å²) < 4.78 is 10.6. The summed E-state index contributed by atoms with van der Waals surface area (Å²) >= 11 is 1.55. The third-order valence-electron chi connectivity index (χ3n) is 4.20. The molecule has 3 aromatic rings. The third kappa shape index (κ3) is 3.15. The van der Waals surface area contributed by atoms with Gasteiger partial charge in [0.2, 0.25) is 0 Å². The van der Waals surface area contributed by atoms with Crippen LogP contribution in [0.2, 0.25) is 0 Å². The smallest absolute Gasteiger partial charge is 0.280 e. The van der Waals surface area contributed by atoms with Gasteiger partial charge in [-0.05, 0) is 49.9 Å². The number of anilines is 1. The van der Waals surface area contributed by atoms with E-state index in [0.717, 1.165) is 36.3 Å². The van der Waals surface area contributed by atoms with Crippen LogP contribution in [-0.4, -0.2) is 23.0 Å². The average molecular weight is 355 g/mol. The summed E-state index contributed by atoms with van der Waals surface area (Å²) in [6, 6.07) is 7.29. The Morgan fingerprint density at radius 3 is 2.80 bits per heavy atom. The van der Waals surface area contributed by atoms with Crippen molar-refractivity contribution < 1.29 is 13.9 Å². The van der Waals surface area contributed by atoms with E-state index >= 15 is 0 Å². The average Bonchev–Trinajstić information content (AvgIpc) is 3.28. The first-order valence-electron chi connectivity index (χ1n) is 8.12. The van der Waals surface area contributed by atoms with Gasteiger partial charge in [0, 0.05) is 10.4 Å². The molecular formula is C18H17N3O3S. The van der Waals surface area contributed by atoms with Gasteiger partial charge in [-0.15, -0.1) is 11.3 Å². The molecule has 0 spiro atoms. The number of fused-ring (bicyclic) bond motifs is 1. The van der Waals surface area contributed by atoms with Crippen molar-refractivity contribution in [3.8, 4) is 17.1 Å². The zero-order valence-corrected chi connectivity index (χ0v) is 14.6. The Labute approximate surface area is 148 Å². The lowest BCUT2D eigenvalue weighted by Crippen LogP contribution is -2.13. The van der Waals surface area contributed by atoms with E-state index in [1.807, 2.05) is 24.3 Å². The molecule has 2 heterocycles. The van der Waals surface area contributed by atoms with Crippen molar-refractivity contribution in [2.75, 3.05) is 12.4 Å². The topological polar surface area (TPSA) is 77.2 Å². The van der Waals surface area contributed by atoms with Gasteiger partial charge in [0.05, 0.1) is 12.8 Å². The number of rotatable bonds is 4. The molecule has 1 aliphatic carbocycles. The quantitative estimate of drug-likeness (QED) is 0.767. The molecule has 2 aromatic heterocycles. The first-order chi connectivity index (χ1) is 12.2. The maximum atomic E-state index is 12.6. The molecule has 25 heavy (non-hydrogen) atoms. The van der Waals surface area contributed by atoms with Crippen molar-refractivity contribution in [3.05, 3.63) is 46.9 Å². The molecule has 0 radical (unpaired) electrons. The van der Waals surface area contributed by atoms with Gasteiger partial charge in [-0.2, -0.15) is 0 Å². The summed E-state index contributed by atoms with van der Waals surface area (Å²) in [5.41, 5.74) is 2.13. The zero-order valence-electron chi connectivity index (χ0n) is 13.7. The highest BCUT2D eigenvalue weighted by molar-refractivity contribution is 7.15. The van der Waals surface area contributed by atoms with Gasteiger partial charge in [0.1, 0.15) is 5.75 Å². The second kappa shape index (κ2) is 6.68. The first-order valence-corrected chi connectivity index (χ1v) is 8.94. The minimum Gasteiger partial charge on any atom is -0.497 e. The number of nitrogens with one attached hydrogen (secondary N) is 1. The van der Waals surface area contributed by atoms with E-state index in [-0.39, 0.29) is 11.6 Å². The minimum absolute atomic E-state index is 0.248. The molecule has 0 fully saturated rings. The Balaban J connectivity index is 1.56. The molecule has 1 aromatic carbocycles. The van der Waals surface area contributed by atoms with E-state index in [4.69, 9.17) is 9.15 Å². The van der Waals surface area contributed by atoms with E-state index in [0.29, 0.717) is 10.9 Å². The molecule has 0 aliphatic heterocycles. The number of hydrogen-bond acceptors (Lipinski definition) is 6. The number of hydrogen-bond donors (Lipinski definition) is 1. The lowest BCUT2D eigenvalue weighted by molar-refractivity contribution is 0.102. The number of carbonyl (C=O) groups excluding carboxylic acids is 1. The van der Waals surface area contributed by atoms with E-state index in [1.165, 1.54) is 17.7 Å². The number of thiazole rings is 1. The zero-order chi connectivity index (χ0) is 17.2. The highest BCUT2D eigenvalue weighted by atomic mass is 32.1. The van der Waals surface area contributed by atoms with Gasteiger partial charge < -0.3 is 9.15 Å². The Morgan fingerprint density at radius 1 is 1.24 bits per heavy atom. The van der Waals surface area contributed by atoms with Crippen LogP contribution in [-0.2, 0) is 12.8 Å². The predicted octanol–water partition coefficient (Wildman–Crippen LogP) is 3.94. The molecule has 0 saturated carbocycles. The first kappa shape index (κ1) is 15.8. The molecule has 6 nitrogen and oxygen atoms in total.